The number of hydrogen-bond acceptors (Lipinski definition) is 3. The minimum absolute atomic E-state index is 0.296. The zero-order valence-electron chi connectivity index (χ0n) is 6.91. The van der Waals surface area contributed by atoms with Crippen LogP contribution < -0.4 is 5.32 Å². The fourth-order valence-electron chi connectivity index (χ4n) is 1.30. The first kappa shape index (κ1) is 9.56. The van der Waals surface area contributed by atoms with Crippen LogP contribution in [-0.2, 0) is 9.84 Å². The van der Waals surface area contributed by atoms with Crippen LogP contribution >= 0.6 is 0 Å². The third-order valence-electron chi connectivity index (χ3n) is 2.05. The van der Waals surface area contributed by atoms with Gasteiger partial charge in [0.05, 0.1) is 18.1 Å². The van der Waals surface area contributed by atoms with E-state index in [4.69, 9.17) is 6.42 Å². The summed E-state index contributed by atoms with van der Waals surface area (Å²) in [6.07, 6.45) is 6.47. The number of terminal acetylenes is 1. The van der Waals surface area contributed by atoms with Crippen LogP contribution in [0.5, 0.6) is 0 Å². The summed E-state index contributed by atoms with van der Waals surface area (Å²) in [6, 6.07) is 0.296. The lowest BCUT2D eigenvalue weighted by molar-refractivity contribution is 0.485. The topological polar surface area (TPSA) is 46.2 Å². The fraction of sp³-hybridized carbons (Fsp3) is 0.750. The van der Waals surface area contributed by atoms with Crippen molar-refractivity contribution in [1.29, 1.82) is 0 Å². The van der Waals surface area contributed by atoms with E-state index in [1.54, 1.807) is 0 Å². The van der Waals surface area contributed by atoms with Crippen molar-refractivity contribution >= 4 is 9.84 Å². The van der Waals surface area contributed by atoms with Crippen molar-refractivity contribution in [2.24, 2.45) is 0 Å². The van der Waals surface area contributed by atoms with Crippen LogP contribution in [0.4, 0.5) is 0 Å². The van der Waals surface area contributed by atoms with Gasteiger partial charge in [0.1, 0.15) is 9.84 Å². The van der Waals surface area contributed by atoms with Crippen molar-refractivity contribution < 1.29 is 8.42 Å². The normalized spacial score (nSPS) is 23.2. The minimum Gasteiger partial charge on any atom is -0.303 e. The second-order valence-corrected chi connectivity index (χ2v) is 5.31. The summed E-state index contributed by atoms with van der Waals surface area (Å²) in [6.45, 7) is 0.532. The Kier molecular flexibility index (Phi) is 3.12. The van der Waals surface area contributed by atoms with E-state index in [0.29, 0.717) is 36.9 Å². The second-order valence-electron chi connectivity index (χ2n) is 3.01. The summed E-state index contributed by atoms with van der Waals surface area (Å²) in [7, 11) is -2.73. The van der Waals surface area contributed by atoms with E-state index >= 15 is 0 Å². The van der Waals surface area contributed by atoms with Crippen LogP contribution in [0.2, 0.25) is 0 Å². The van der Waals surface area contributed by atoms with Gasteiger partial charge in [0, 0.05) is 6.04 Å². The molecule has 12 heavy (non-hydrogen) atoms. The molecule has 3 nitrogen and oxygen atoms in total. The van der Waals surface area contributed by atoms with E-state index in [1.807, 2.05) is 0 Å². The molecular weight excluding hydrogens is 174 g/mol. The average Bonchev–Trinajstić information content (AvgIpc) is 2.03. The zero-order valence-corrected chi connectivity index (χ0v) is 7.73. The Hall–Kier alpha value is -0.530. The van der Waals surface area contributed by atoms with Crippen molar-refractivity contribution in [3.05, 3.63) is 0 Å². The van der Waals surface area contributed by atoms with Crippen LogP contribution in [0.25, 0.3) is 0 Å². The monoisotopic (exact) mass is 187 g/mol. The van der Waals surface area contributed by atoms with Crippen LogP contribution in [-0.4, -0.2) is 32.5 Å². The Labute approximate surface area is 73.5 Å². The van der Waals surface area contributed by atoms with Crippen molar-refractivity contribution in [3.8, 4) is 12.3 Å². The van der Waals surface area contributed by atoms with Crippen molar-refractivity contribution in [3.63, 3.8) is 0 Å². The van der Waals surface area contributed by atoms with Gasteiger partial charge in [0.25, 0.3) is 0 Å². The molecule has 4 heteroatoms. The van der Waals surface area contributed by atoms with E-state index in [9.17, 15) is 8.42 Å². The highest BCUT2D eigenvalue weighted by molar-refractivity contribution is 7.91. The smallest absolute Gasteiger partial charge is 0.150 e. The first-order valence-electron chi connectivity index (χ1n) is 4.01. The van der Waals surface area contributed by atoms with Crippen molar-refractivity contribution in [2.75, 3.05) is 18.1 Å². The van der Waals surface area contributed by atoms with Gasteiger partial charge in [-0.2, -0.15) is 0 Å². The quantitative estimate of drug-likeness (QED) is 0.608. The zero-order chi connectivity index (χ0) is 9.03. The van der Waals surface area contributed by atoms with Gasteiger partial charge in [-0.05, 0) is 12.8 Å². The second kappa shape index (κ2) is 3.92. The van der Waals surface area contributed by atoms with Crippen LogP contribution in [0.1, 0.15) is 12.8 Å². The highest BCUT2D eigenvalue weighted by Crippen LogP contribution is 2.11. The lowest BCUT2D eigenvalue weighted by Crippen LogP contribution is -2.37. The van der Waals surface area contributed by atoms with Gasteiger partial charge in [-0.1, -0.05) is 5.92 Å². The molecule has 0 amide bonds. The molecule has 0 unspecified atom stereocenters. The molecule has 0 atom stereocenters. The SMILES string of the molecule is C#CCNC1CCS(=O)(=O)CC1. The van der Waals surface area contributed by atoms with Gasteiger partial charge in [0.2, 0.25) is 0 Å². The van der Waals surface area contributed by atoms with E-state index in [0.717, 1.165) is 0 Å². The molecule has 0 aromatic carbocycles. The molecule has 0 radical (unpaired) electrons. The Balaban J connectivity index is 2.32. The molecule has 0 saturated carbocycles. The van der Waals surface area contributed by atoms with Gasteiger partial charge >= 0.3 is 0 Å². The average molecular weight is 187 g/mol. The summed E-state index contributed by atoms with van der Waals surface area (Å²) in [5.74, 6) is 3.08. The Morgan fingerprint density at radius 1 is 1.42 bits per heavy atom. The fourth-order valence-corrected chi connectivity index (χ4v) is 2.79. The predicted octanol–water partition coefficient (Wildman–Crippen LogP) is -0.214. The van der Waals surface area contributed by atoms with E-state index in [2.05, 4.69) is 11.2 Å². The summed E-state index contributed by atoms with van der Waals surface area (Å²) in [5, 5.41) is 3.11. The summed E-state index contributed by atoms with van der Waals surface area (Å²) < 4.78 is 22.0. The van der Waals surface area contributed by atoms with Gasteiger partial charge in [-0.25, -0.2) is 8.42 Å². The molecule has 1 fully saturated rings. The highest BCUT2D eigenvalue weighted by Gasteiger charge is 2.22. The predicted molar refractivity (Wildman–Crippen MR) is 48.5 cm³/mol. The van der Waals surface area contributed by atoms with Crippen LogP contribution in [0.3, 0.4) is 0 Å². The van der Waals surface area contributed by atoms with Gasteiger partial charge in [-0.3, -0.25) is 0 Å². The molecule has 1 N–H and O–H groups in total. The summed E-state index contributed by atoms with van der Waals surface area (Å²) in [5.41, 5.74) is 0. The highest BCUT2D eigenvalue weighted by atomic mass is 32.2. The number of sulfone groups is 1. The summed E-state index contributed by atoms with van der Waals surface area (Å²) in [4.78, 5) is 0. The molecule has 68 valence electrons. The molecule has 1 heterocycles. The lowest BCUT2D eigenvalue weighted by Gasteiger charge is -2.21. The Morgan fingerprint density at radius 2 is 2.00 bits per heavy atom. The first-order valence-corrected chi connectivity index (χ1v) is 5.83. The summed E-state index contributed by atoms with van der Waals surface area (Å²) >= 11 is 0. The molecule has 1 aliphatic heterocycles. The van der Waals surface area contributed by atoms with Gasteiger partial charge in [0.15, 0.2) is 0 Å². The largest absolute Gasteiger partial charge is 0.303 e. The molecule has 1 saturated heterocycles. The molecule has 0 aromatic rings. The number of rotatable bonds is 2. The maximum atomic E-state index is 11.0. The maximum Gasteiger partial charge on any atom is 0.150 e. The molecule has 1 rings (SSSR count). The minimum atomic E-state index is -2.73. The Morgan fingerprint density at radius 3 is 2.50 bits per heavy atom. The van der Waals surface area contributed by atoms with E-state index in [1.165, 1.54) is 0 Å². The Bertz CT molecular complexity index is 262. The van der Waals surface area contributed by atoms with E-state index < -0.39 is 9.84 Å². The third kappa shape index (κ3) is 2.84. The van der Waals surface area contributed by atoms with Gasteiger partial charge < -0.3 is 5.32 Å². The van der Waals surface area contributed by atoms with Crippen LogP contribution in [0, 0.1) is 12.3 Å². The lowest BCUT2D eigenvalue weighted by atomic mass is 10.1. The molecule has 1 aliphatic rings. The number of nitrogens with one attached hydrogen (secondary N) is 1. The molecule has 0 aromatic heterocycles. The van der Waals surface area contributed by atoms with Crippen molar-refractivity contribution in [1.82, 2.24) is 5.32 Å². The molecule has 0 bridgehead atoms. The van der Waals surface area contributed by atoms with Crippen LogP contribution in [0.15, 0.2) is 0 Å². The van der Waals surface area contributed by atoms with Crippen molar-refractivity contribution in [2.45, 2.75) is 18.9 Å². The maximum absolute atomic E-state index is 11.0. The van der Waals surface area contributed by atoms with Gasteiger partial charge in [-0.15, -0.1) is 6.42 Å². The first-order chi connectivity index (χ1) is 5.64. The third-order valence-corrected chi connectivity index (χ3v) is 3.76. The molecule has 0 aliphatic carbocycles. The molecular formula is C8H13NO2S. The number of hydrogen-bond donors (Lipinski definition) is 1. The van der Waals surface area contributed by atoms with E-state index in [-0.39, 0.29) is 0 Å². The molecule has 0 spiro atoms. The standard InChI is InChI=1S/C8H13NO2S/c1-2-5-9-8-3-6-12(10,11)7-4-8/h1,8-9H,3-7H2.